The molecule has 5 rings (SSSR count). The number of nitrogens with zero attached hydrogens (tertiary/aromatic N) is 2. The molecular formula is C33H27ClN2O6S. The number of ketones is 1. The lowest BCUT2D eigenvalue weighted by molar-refractivity contribution is -0.132. The van der Waals surface area contributed by atoms with Gasteiger partial charge in [-0.25, -0.2) is 9.78 Å². The van der Waals surface area contributed by atoms with E-state index in [1.807, 2.05) is 31.2 Å². The first kappa shape index (κ1) is 29.8. The third-order valence-electron chi connectivity index (χ3n) is 6.90. The Morgan fingerprint density at radius 2 is 1.84 bits per heavy atom. The van der Waals surface area contributed by atoms with E-state index >= 15 is 0 Å². The third kappa shape index (κ3) is 6.09. The van der Waals surface area contributed by atoms with Crippen LogP contribution in [0.5, 0.6) is 5.75 Å². The van der Waals surface area contributed by atoms with Crippen molar-refractivity contribution in [3.05, 3.63) is 129 Å². The highest BCUT2D eigenvalue weighted by Crippen LogP contribution is 2.44. The van der Waals surface area contributed by atoms with Crippen LogP contribution >= 0.6 is 22.9 Å². The van der Waals surface area contributed by atoms with Gasteiger partial charge in [0.05, 0.1) is 17.3 Å². The Kier molecular flexibility index (Phi) is 8.75. The second-order valence-corrected chi connectivity index (χ2v) is 11.2. The van der Waals surface area contributed by atoms with Crippen molar-refractivity contribution in [2.75, 3.05) is 11.5 Å². The lowest BCUT2D eigenvalue weighted by Crippen LogP contribution is -2.29. The maximum absolute atomic E-state index is 13.5. The predicted molar refractivity (Wildman–Crippen MR) is 166 cm³/mol. The quantitative estimate of drug-likeness (QED) is 0.0714. The normalized spacial score (nSPS) is 15.9. The fraction of sp³-hybridized carbons (Fsp3) is 0.152. The van der Waals surface area contributed by atoms with Crippen molar-refractivity contribution in [3.63, 3.8) is 0 Å². The lowest BCUT2D eigenvalue weighted by Gasteiger charge is -2.23. The van der Waals surface area contributed by atoms with Gasteiger partial charge in [-0.3, -0.25) is 14.5 Å². The number of rotatable bonds is 9. The molecule has 0 radical (unpaired) electrons. The summed E-state index contributed by atoms with van der Waals surface area (Å²) in [5, 5.41) is 11.9. The van der Waals surface area contributed by atoms with Gasteiger partial charge < -0.3 is 14.6 Å². The lowest BCUT2D eigenvalue weighted by atomic mass is 9.95. The summed E-state index contributed by atoms with van der Waals surface area (Å²) in [5.41, 5.74) is 3.16. The van der Waals surface area contributed by atoms with E-state index in [0.717, 1.165) is 22.5 Å². The van der Waals surface area contributed by atoms with E-state index in [0.29, 0.717) is 34.2 Å². The zero-order valence-electron chi connectivity index (χ0n) is 23.4. The van der Waals surface area contributed by atoms with Gasteiger partial charge in [0, 0.05) is 10.6 Å². The van der Waals surface area contributed by atoms with Gasteiger partial charge in [0.25, 0.3) is 5.78 Å². The fourth-order valence-corrected chi connectivity index (χ4v) is 5.88. The SMILES string of the molecule is C=CCOC(=O)c1sc(N2C(=O)C(=O)C(=C(O)c3ccc(OCc4ccccc4C)cc3)C2c2cccc(Cl)c2)nc1C. The van der Waals surface area contributed by atoms with Crippen molar-refractivity contribution in [3.8, 4) is 5.75 Å². The summed E-state index contributed by atoms with van der Waals surface area (Å²) in [6.07, 6.45) is 1.44. The second kappa shape index (κ2) is 12.6. The fourth-order valence-electron chi connectivity index (χ4n) is 4.69. The van der Waals surface area contributed by atoms with Gasteiger partial charge in [-0.1, -0.05) is 72.0 Å². The Balaban J connectivity index is 1.52. The van der Waals surface area contributed by atoms with Gasteiger partial charge >= 0.3 is 11.9 Å². The number of benzene rings is 3. The molecule has 0 bridgehead atoms. The van der Waals surface area contributed by atoms with Crippen molar-refractivity contribution in [1.82, 2.24) is 4.98 Å². The first-order chi connectivity index (χ1) is 20.7. The summed E-state index contributed by atoms with van der Waals surface area (Å²) < 4.78 is 11.1. The minimum atomic E-state index is -1.06. The Morgan fingerprint density at radius 3 is 2.53 bits per heavy atom. The van der Waals surface area contributed by atoms with E-state index in [1.54, 1.807) is 55.5 Å². The summed E-state index contributed by atoms with van der Waals surface area (Å²) in [6.45, 7) is 7.53. The molecule has 1 amide bonds. The number of amides is 1. The summed E-state index contributed by atoms with van der Waals surface area (Å²) >= 11 is 7.21. The number of halogens is 1. The minimum absolute atomic E-state index is 0.00820. The molecule has 1 aromatic heterocycles. The average Bonchev–Trinajstić information content (AvgIpc) is 3.51. The van der Waals surface area contributed by atoms with Crippen LogP contribution < -0.4 is 9.64 Å². The van der Waals surface area contributed by atoms with Crippen LogP contribution in [0.4, 0.5) is 5.13 Å². The highest BCUT2D eigenvalue weighted by atomic mass is 35.5. The van der Waals surface area contributed by atoms with Gasteiger partial charge in [0.1, 0.15) is 29.6 Å². The van der Waals surface area contributed by atoms with Crippen molar-refractivity contribution in [1.29, 1.82) is 0 Å². The van der Waals surface area contributed by atoms with Crippen molar-refractivity contribution < 1.29 is 29.0 Å². The summed E-state index contributed by atoms with van der Waals surface area (Å²) in [5.74, 6) is -2.21. The van der Waals surface area contributed by atoms with Crippen LogP contribution in [0.3, 0.4) is 0 Å². The maximum atomic E-state index is 13.5. The van der Waals surface area contributed by atoms with Crippen LogP contribution in [-0.2, 0) is 20.9 Å². The summed E-state index contributed by atoms with van der Waals surface area (Å²) in [7, 11) is 0. The number of aromatic nitrogens is 1. The van der Waals surface area contributed by atoms with Gasteiger partial charge in [-0.05, 0) is 66.9 Å². The number of hydrogen-bond donors (Lipinski definition) is 1. The Hall–Kier alpha value is -4.73. The number of aliphatic hydroxyl groups excluding tert-OH is 1. The second-order valence-electron chi connectivity index (χ2n) is 9.76. The number of hydrogen-bond acceptors (Lipinski definition) is 8. The molecule has 0 aliphatic carbocycles. The van der Waals surface area contributed by atoms with E-state index in [-0.39, 0.29) is 27.9 Å². The molecule has 4 aromatic rings. The highest BCUT2D eigenvalue weighted by Gasteiger charge is 2.48. The molecule has 1 atom stereocenters. The van der Waals surface area contributed by atoms with Crippen LogP contribution in [0.2, 0.25) is 5.02 Å². The predicted octanol–water partition coefficient (Wildman–Crippen LogP) is 6.96. The van der Waals surface area contributed by atoms with Gasteiger partial charge in [0.2, 0.25) is 0 Å². The van der Waals surface area contributed by atoms with Gasteiger partial charge in [-0.2, -0.15) is 0 Å². The zero-order chi connectivity index (χ0) is 30.7. The monoisotopic (exact) mass is 614 g/mol. The number of aryl methyl sites for hydroxylation is 2. The molecule has 10 heteroatoms. The Bertz CT molecular complexity index is 1760. The Labute approximate surface area is 257 Å². The van der Waals surface area contributed by atoms with E-state index in [1.165, 1.54) is 11.0 Å². The Morgan fingerprint density at radius 1 is 1.09 bits per heavy atom. The number of Topliss-reactive ketones (excluding diaryl/α,β-unsaturated/α-hetero) is 1. The molecule has 8 nitrogen and oxygen atoms in total. The smallest absolute Gasteiger partial charge is 0.350 e. The third-order valence-corrected chi connectivity index (χ3v) is 8.27. The number of carbonyl (C=O) groups excluding carboxylic acids is 3. The first-order valence-corrected chi connectivity index (χ1v) is 14.5. The van der Waals surface area contributed by atoms with Crippen molar-refractivity contribution in [2.24, 2.45) is 0 Å². The number of anilines is 1. The van der Waals surface area contributed by atoms with Crippen LogP contribution in [-0.4, -0.2) is 34.4 Å². The summed E-state index contributed by atoms with van der Waals surface area (Å²) in [6, 6.07) is 20.1. The highest BCUT2D eigenvalue weighted by molar-refractivity contribution is 7.17. The van der Waals surface area contributed by atoms with Crippen LogP contribution in [0.25, 0.3) is 5.76 Å². The van der Waals surface area contributed by atoms with Crippen molar-refractivity contribution >= 4 is 51.5 Å². The van der Waals surface area contributed by atoms with Gasteiger partial charge in [-0.15, -0.1) is 0 Å². The van der Waals surface area contributed by atoms with E-state index < -0.39 is 23.7 Å². The molecule has 3 aromatic carbocycles. The standard InChI is InChI=1S/C33H27ClN2O6S/c1-4-16-41-32(40)30-20(3)35-33(43-30)36-27(22-10-7-11-24(34)17-22)26(29(38)31(36)39)28(37)21-12-14-25(15-13-21)42-18-23-9-6-5-8-19(23)2/h4-15,17,27,37H,1,16,18H2,2-3H3. The number of thiazole rings is 1. The van der Waals surface area contributed by atoms with E-state index in [4.69, 9.17) is 21.1 Å². The molecule has 1 N–H and O–H groups in total. The average molecular weight is 615 g/mol. The maximum Gasteiger partial charge on any atom is 0.350 e. The first-order valence-electron chi connectivity index (χ1n) is 13.3. The molecule has 1 fully saturated rings. The van der Waals surface area contributed by atoms with E-state index in [2.05, 4.69) is 11.6 Å². The topological polar surface area (TPSA) is 106 Å². The minimum Gasteiger partial charge on any atom is -0.507 e. The number of esters is 1. The molecule has 0 spiro atoms. The molecule has 2 heterocycles. The largest absolute Gasteiger partial charge is 0.507 e. The molecule has 1 aliphatic rings. The number of aliphatic hydroxyl groups is 1. The van der Waals surface area contributed by atoms with Crippen LogP contribution in [0.1, 0.15) is 43.7 Å². The van der Waals surface area contributed by atoms with Crippen LogP contribution in [0, 0.1) is 13.8 Å². The number of ether oxygens (including phenoxy) is 2. The van der Waals surface area contributed by atoms with E-state index in [9.17, 15) is 19.5 Å². The molecule has 1 aliphatic heterocycles. The summed E-state index contributed by atoms with van der Waals surface area (Å²) in [4.78, 5) is 45.4. The van der Waals surface area contributed by atoms with Crippen LogP contribution in [0.15, 0.2) is 91.0 Å². The molecule has 43 heavy (non-hydrogen) atoms. The van der Waals surface area contributed by atoms with Gasteiger partial charge in [0.15, 0.2) is 5.13 Å². The zero-order valence-corrected chi connectivity index (χ0v) is 24.9. The molecule has 218 valence electrons. The molecule has 0 saturated carbocycles. The number of carbonyl (C=O) groups is 3. The molecule has 1 unspecified atom stereocenters. The van der Waals surface area contributed by atoms with Crippen molar-refractivity contribution in [2.45, 2.75) is 26.5 Å². The molecule has 1 saturated heterocycles. The molecular weight excluding hydrogens is 588 g/mol.